The number of likely N-dealkylation sites (N-methyl/N-ethyl adjacent to an activating group) is 1. The highest BCUT2D eigenvalue weighted by atomic mass is 19.1. The molecule has 0 spiro atoms. The molecule has 1 aliphatic rings. The van der Waals surface area contributed by atoms with E-state index < -0.39 is 5.91 Å². The van der Waals surface area contributed by atoms with E-state index in [0.29, 0.717) is 38.3 Å². The topological polar surface area (TPSA) is 100 Å². The molecule has 4 rings (SSSR count). The molecule has 0 bridgehead atoms. The Kier molecular flexibility index (Phi) is 6.95. The lowest BCUT2D eigenvalue weighted by Crippen LogP contribution is -2.38. The van der Waals surface area contributed by atoms with Gasteiger partial charge in [-0.3, -0.25) is 24.0 Å². The van der Waals surface area contributed by atoms with Gasteiger partial charge in [-0.25, -0.2) is 4.39 Å². The van der Waals surface area contributed by atoms with Crippen molar-refractivity contribution in [3.05, 3.63) is 83.2 Å². The van der Waals surface area contributed by atoms with Gasteiger partial charge in [-0.2, -0.15) is 5.10 Å². The molecular weight excluding hydrogens is 439 g/mol. The molecule has 1 aromatic carbocycles. The first-order valence-corrected chi connectivity index (χ1v) is 10.9. The fraction of sp³-hybridized carbons (Fsp3) is 0.292. The molecule has 0 aliphatic carbocycles. The van der Waals surface area contributed by atoms with Gasteiger partial charge in [0.1, 0.15) is 11.5 Å². The normalized spacial score (nSPS) is 13.2. The molecule has 0 saturated carbocycles. The molecule has 3 heterocycles. The van der Waals surface area contributed by atoms with E-state index in [1.54, 1.807) is 41.6 Å². The van der Waals surface area contributed by atoms with Crippen LogP contribution in [0, 0.1) is 5.82 Å². The minimum absolute atomic E-state index is 0.108. The first-order valence-electron chi connectivity index (χ1n) is 10.9. The number of pyridine rings is 1. The van der Waals surface area contributed by atoms with Crippen LogP contribution in [-0.2, 0) is 24.4 Å². The summed E-state index contributed by atoms with van der Waals surface area (Å²) in [6.45, 7) is 1.55. The third-order valence-electron chi connectivity index (χ3n) is 5.56. The van der Waals surface area contributed by atoms with Crippen LogP contribution in [0.4, 0.5) is 4.39 Å². The van der Waals surface area contributed by atoms with Crippen LogP contribution in [0.5, 0.6) is 0 Å². The predicted molar refractivity (Wildman–Crippen MR) is 121 cm³/mol. The zero-order valence-electron chi connectivity index (χ0n) is 18.8. The van der Waals surface area contributed by atoms with E-state index in [2.05, 4.69) is 15.4 Å². The van der Waals surface area contributed by atoms with Crippen molar-refractivity contribution in [1.82, 2.24) is 29.9 Å². The fourth-order valence-corrected chi connectivity index (χ4v) is 3.74. The largest absolute Gasteiger partial charge is 0.350 e. The number of nitrogens with zero attached hydrogens (tertiary/aromatic N) is 5. The van der Waals surface area contributed by atoms with Crippen LogP contribution in [-0.4, -0.2) is 62.4 Å². The molecule has 2 aromatic heterocycles. The van der Waals surface area contributed by atoms with E-state index in [9.17, 15) is 18.8 Å². The fourth-order valence-electron chi connectivity index (χ4n) is 3.74. The third-order valence-corrected chi connectivity index (χ3v) is 5.56. The average Bonchev–Trinajstić information content (AvgIpc) is 3.21. The lowest BCUT2D eigenvalue weighted by Gasteiger charge is -2.20. The quantitative estimate of drug-likeness (QED) is 0.575. The van der Waals surface area contributed by atoms with Crippen LogP contribution in [0.2, 0.25) is 0 Å². The van der Waals surface area contributed by atoms with Gasteiger partial charge in [0.25, 0.3) is 11.8 Å². The van der Waals surface area contributed by atoms with Crippen LogP contribution in [0.1, 0.15) is 38.5 Å². The molecule has 1 N–H and O–H groups in total. The van der Waals surface area contributed by atoms with Crippen molar-refractivity contribution in [2.45, 2.75) is 26.1 Å². The lowest BCUT2D eigenvalue weighted by molar-refractivity contribution is -0.121. The van der Waals surface area contributed by atoms with Crippen molar-refractivity contribution in [2.24, 2.45) is 0 Å². The first-order chi connectivity index (χ1) is 16.4. The Morgan fingerprint density at radius 3 is 2.56 bits per heavy atom. The highest BCUT2D eigenvalue weighted by Crippen LogP contribution is 2.17. The molecule has 3 aromatic rings. The van der Waals surface area contributed by atoms with Crippen molar-refractivity contribution in [2.75, 3.05) is 20.1 Å². The van der Waals surface area contributed by atoms with Crippen LogP contribution in [0.15, 0.2) is 54.9 Å². The van der Waals surface area contributed by atoms with Crippen LogP contribution >= 0.6 is 0 Å². The first kappa shape index (κ1) is 23.1. The Morgan fingerprint density at radius 2 is 1.82 bits per heavy atom. The van der Waals surface area contributed by atoms with Gasteiger partial charge in [-0.05, 0) is 41.8 Å². The highest BCUT2D eigenvalue weighted by Gasteiger charge is 2.27. The molecular formula is C24H25FN6O3. The van der Waals surface area contributed by atoms with Gasteiger partial charge in [0.05, 0.1) is 6.54 Å². The summed E-state index contributed by atoms with van der Waals surface area (Å²) in [4.78, 5) is 45.1. The Balaban J connectivity index is 1.39. The number of nitrogens with one attached hydrogen (secondary N) is 1. The second-order valence-corrected chi connectivity index (χ2v) is 8.14. The molecule has 3 amide bonds. The maximum absolute atomic E-state index is 13.2. The van der Waals surface area contributed by atoms with Crippen LogP contribution < -0.4 is 5.32 Å². The zero-order chi connectivity index (χ0) is 24.1. The van der Waals surface area contributed by atoms with Crippen molar-refractivity contribution in [3.63, 3.8) is 0 Å². The summed E-state index contributed by atoms with van der Waals surface area (Å²) in [6.07, 6.45) is 3.95. The Labute approximate surface area is 196 Å². The van der Waals surface area contributed by atoms with Crippen molar-refractivity contribution in [1.29, 1.82) is 0 Å². The maximum atomic E-state index is 13.2. The summed E-state index contributed by atoms with van der Waals surface area (Å²) >= 11 is 0. The molecule has 0 unspecified atom stereocenters. The van der Waals surface area contributed by atoms with Crippen LogP contribution in [0.25, 0.3) is 0 Å². The van der Waals surface area contributed by atoms with Crippen molar-refractivity contribution < 1.29 is 18.8 Å². The molecule has 176 valence electrons. The van der Waals surface area contributed by atoms with E-state index >= 15 is 0 Å². The minimum Gasteiger partial charge on any atom is -0.350 e. The second-order valence-electron chi connectivity index (χ2n) is 8.14. The van der Waals surface area contributed by atoms with Gasteiger partial charge >= 0.3 is 0 Å². The number of hydrogen-bond donors (Lipinski definition) is 1. The Hall–Kier alpha value is -4.08. The molecule has 0 atom stereocenters. The minimum atomic E-state index is -0.447. The summed E-state index contributed by atoms with van der Waals surface area (Å²) in [6, 6.07) is 11.1. The number of carbonyl (C=O) groups excluding carboxylic acids is 3. The molecule has 0 saturated heterocycles. The van der Waals surface area contributed by atoms with E-state index in [4.69, 9.17) is 0 Å². The van der Waals surface area contributed by atoms with Crippen molar-refractivity contribution >= 4 is 17.7 Å². The number of hydrogen-bond acceptors (Lipinski definition) is 5. The molecule has 9 nitrogen and oxygen atoms in total. The maximum Gasteiger partial charge on any atom is 0.274 e. The Bertz CT molecular complexity index is 1180. The number of aryl methyl sites for hydroxylation is 1. The van der Waals surface area contributed by atoms with Gasteiger partial charge in [-0.15, -0.1) is 0 Å². The summed E-state index contributed by atoms with van der Waals surface area (Å²) in [5.41, 5.74) is 2.14. The van der Waals surface area contributed by atoms with Gasteiger partial charge in [0.15, 0.2) is 5.69 Å². The monoisotopic (exact) mass is 464 g/mol. The number of rotatable bonds is 7. The smallest absolute Gasteiger partial charge is 0.274 e. The van der Waals surface area contributed by atoms with Crippen molar-refractivity contribution in [3.8, 4) is 0 Å². The number of amides is 3. The number of benzene rings is 1. The van der Waals surface area contributed by atoms with E-state index in [1.807, 2.05) is 0 Å². The SMILES string of the molecule is CN(CC(=O)NCc1ccncc1)C(=O)c1cc2n(n1)CCCN(Cc1ccc(F)cc1)C2=O. The summed E-state index contributed by atoms with van der Waals surface area (Å²) in [5.74, 6) is -1.33. The van der Waals surface area contributed by atoms with Gasteiger partial charge < -0.3 is 15.1 Å². The third kappa shape index (κ3) is 5.45. The van der Waals surface area contributed by atoms with E-state index in [0.717, 1.165) is 11.1 Å². The molecule has 1 aliphatic heterocycles. The number of fused-ring (bicyclic) bond motifs is 1. The second kappa shape index (κ2) is 10.2. The lowest BCUT2D eigenvalue weighted by atomic mass is 10.2. The summed E-state index contributed by atoms with van der Waals surface area (Å²) in [7, 11) is 1.52. The highest BCUT2D eigenvalue weighted by molar-refractivity contribution is 5.99. The number of aromatic nitrogens is 3. The van der Waals surface area contributed by atoms with E-state index in [1.165, 1.54) is 34.8 Å². The van der Waals surface area contributed by atoms with Gasteiger partial charge in [-0.1, -0.05) is 12.1 Å². The van der Waals surface area contributed by atoms with Gasteiger partial charge in [0, 0.05) is 51.7 Å². The summed E-state index contributed by atoms with van der Waals surface area (Å²) < 4.78 is 14.7. The molecule has 0 fully saturated rings. The number of halogens is 1. The molecule has 0 radical (unpaired) electrons. The summed E-state index contributed by atoms with van der Waals surface area (Å²) in [5, 5.41) is 7.09. The average molecular weight is 465 g/mol. The molecule has 34 heavy (non-hydrogen) atoms. The molecule has 10 heteroatoms. The standard InChI is InChI=1S/C24H25FN6O3/c1-29(16-22(32)27-14-17-7-9-26-10-8-17)23(33)20-13-21-24(34)30(11-2-12-31(21)28-20)15-18-3-5-19(25)6-4-18/h3-10,13H,2,11-12,14-16H2,1H3,(H,27,32). The number of carbonyl (C=O) groups is 3. The van der Waals surface area contributed by atoms with Gasteiger partial charge in [0.2, 0.25) is 5.91 Å². The Morgan fingerprint density at radius 1 is 1.09 bits per heavy atom. The van der Waals surface area contributed by atoms with Crippen LogP contribution in [0.3, 0.4) is 0 Å². The predicted octanol–water partition coefficient (Wildman–Crippen LogP) is 1.85. The van der Waals surface area contributed by atoms with E-state index in [-0.39, 0.29) is 29.9 Å². The zero-order valence-corrected chi connectivity index (χ0v) is 18.8.